The summed E-state index contributed by atoms with van der Waals surface area (Å²) in [5.74, 6) is 1.49. The van der Waals surface area contributed by atoms with Gasteiger partial charge in [0.2, 0.25) is 5.91 Å². The fourth-order valence-corrected chi connectivity index (χ4v) is 3.69. The van der Waals surface area contributed by atoms with Crippen molar-refractivity contribution in [2.45, 2.75) is 39.0 Å². The first-order valence-corrected chi connectivity index (χ1v) is 9.72. The minimum Gasteiger partial charge on any atom is -0.494 e. The Morgan fingerprint density at radius 2 is 1.69 bits per heavy atom. The maximum Gasteiger partial charge on any atom is 0.321 e. The molecule has 3 amide bonds. The van der Waals surface area contributed by atoms with Crippen molar-refractivity contribution < 1.29 is 14.3 Å². The number of ether oxygens (including phenoxy) is 1. The van der Waals surface area contributed by atoms with Crippen molar-refractivity contribution in [1.82, 2.24) is 9.80 Å². The topological polar surface area (TPSA) is 61.9 Å². The first kappa shape index (κ1) is 18.5. The number of urea groups is 1. The Kier molecular flexibility index (Phi) is 6.36. The summed E-state index contributed by atoms with van der Waals surface area (Å²) in [6, 6.07) is 7.35. The number of rotatable bonds is 5. The van der Waals surface area contributed by atoms with Gasteiger partial charge in [0.15, 0.2) is 0 Å². The number of carbonyl (C=O) groups excluding carboxylic acids is 2. The van der Waals surface area contributed by atoms with E-state index in [0.29, 0.717) is 37.9 Å². The van der Waals surface area contributed by atoms with Gasteiger partial charge >= 0.3 is 6.03 Å². The molecule has 0 unspecified atom stereocenters. The van der Waals surface area contributed by atoms with Crippen LogP contribution in [0.1, 0.15) is 39.0 Å². The maximum atomic E-state index is 12.4. The summed E-state index contributed by atoms with van der Waals surface area (Å²) in [7, 11) is 0. The molecule has 2 aliphatic rings. The van der Waals surface area contributed by atoms with Gasteiger partial charge in [0.25, 0.3) is 0 Å². The highest BCUT2D eigenvalue weighted by atomic mass is 16.5. The second kappa shape index (κ2) is 8.92. The Morgan fingerprint density at radius 3 is 2.31 bits per heavy atom. The highest BCUT2D eigenvalue weighted by Crippen LogP contribution is 2.23. The molecule has 1 N–H and O–H groups in total. The lowest BCUT2D eigenvalue weighted by Gasteiger charge is -2.32. The SMILES string of the molecule is CCOc1ccc(NC(=O)N2CCC(CC(=O)N3CCCC3)CC2)cc1. The number of amides is 3. The Bertz CT molecular complexity index is 603. The van der Waals surface area contributed by atoms with E-state index in [1.165, 1.54) is 0 Å². The molecular weight excluding hydrogens is 330 g/mol. The molecule has 26 heavy (non-hydrogen) atoms. The van der Waals surface area contributed by atoms with Gasteiger partial charge in [0, 0.05) is 38.3 Å². The van der Waals surface area contributed by atoms with Crippen molar-refractivity contribution in [1.29, 1.82) is 0 Å². The molecule has 6 nitrogen and oxygen atoms in total. The van der Waals surface area contributed by atoms with Crippen molar-refractivity contribution >= 4 is 17.6 Å². The summed E-state index contributed by atoms with van der Waals surface area (Å²) >= 11 is 0. The molecule has 0 radical (unpaired) electrons. The molecule has 3 rings (SSSR count). The molecule has 142 valence electrons. The van der Waals surface area contributed by atoms with Crippen molar-refractivity contribution in [3.8, 4) is 5.75 Å². The number of carbonyl (C=O) groups is 2. The molecule has 0 aromatic heterocycles. The number of nitrogens with one attached hydrogen (secondary N) is 1. The average molecular weight is 359 g/mol. The van der Waals surface area contributed by atoms with Crippen LogP contribution in [-0.4, -0.2) is 54.5 Å². The largest absolute Gasteiger partial charge is 0.494 e. The number of likely N-dealkylation sites (tertiary alicyclic amines) is 2. The lowest BCUT2D eigenvalue weighted by atomic mass is 9.93. The second-order valence-electron chi connectivity index (χ2n) is 7.11. The van der Waals surface area contributed by atoms with Crippen molar-refractivity contribution in [3.05, 3.63) is 24.3 Å². The van der Waals surface area contributed by atoms with Crippen LogP contribution >= 0.6 is 0 Å². The predicted octanol–water partition coefficient (Wildman–Crippen LogP) is 3.34. The van der Waals surface area contributed by atoms with E-state index in [0.717, 1.165) is 50.2 Å². The summed E-state index contributed by atoms with van der Waals surface area (Å²) in [6.45, 7) is 5.82. The second-order valence-corrected chi connectivity index (χ2v) is 7.11. The monoisotopic (exact) mass is 359 g/mol. The van der Waals surface area contributed by atoms with Gasteiger partial charge in [0.1, 0.15) is 5.75 Å². The smallest absolute Gasteiger partial charge is 0.321 e. The van der Waals surface area contributed by atoms with E-state index in [2.05, 4.69) is 5.32 Å². The third kappa shape index (κ3) is 4.90. The van der Waals surface area contributed by atoms with Gasteiger partial charge in [0.05, 0.1) is 6.61 Å². The molecule has 2 heterocycles. The van der Waals surface area contributed by atoms with Crippen LogP contribution in [0, 0.1) is 5.92 Å². The van der Waals surface area contributed by atoms with Crippen LogP contribution < -0.4 is 10.1 Å². The summed E-state index contributed by atoms with van der Waals surface area (Å²) in [5, 5.41) is 2.94. The maximum absolute atomic E-state index is 12.4. The van der Waals surface area contributed by atoms with E-state index < -0.39 is 0 Å². The Morgan fingerprint density at radius 1 is 1.04 bits per heavy atom. The third-order valence-electron chi connectivity index (χ3n) is 5.24. The number of benzene rings is 1. The van der Waals surface area contributed by atoms with Gasteiger partial charge in [-0.25, -0.2) is 4.79 Å². The van der Waals surface area contributed by atoms with Crippen LogP contribution in [0.2, 0.25) is 0 Å². The lowest BCUT2D eigenvalue weighted by Crippen LogP contribution is -2.42. The average Bonchev–Trinajstić information content (AvgIpc) is 3.19. The van der Waals surface area contributed by atoms with E-state index in [1.807, 2.05) is 41.0 Å². The van der Waals surface area contributed by atoms with Gasteiger partial charge < -0.3 is 19.9 Å². The standard InChI is InChI=1S/C20H29N3O3/c1-2-26-18-7-5-17(6-8-18)21-20(25)23-13-9-16(10-14-23)15-19(24)22-11-3-4-12-22/h5-8,16H,2-4,9-15H2,1H3,(H,21,25). The van der Waals surface area contributed by atoms with Crippen LogP contribution in [0.15, 0.2) is 24.3 Å². The first-order valence-electron chi connectivity index (χ1n) is 9.72. The van der Waals surface area contributed by atoms with Gasteiger partial charge in [-0.15, -0.1) is 0 Å². The van der Waals surface area contributed by atoms with Crippen LogP contribution in [0.5, 0.6) is 5.75 Å². The van der Waals surface area contributed by atoms with E-state index in [9.17, 15) is 9.59 Å². The van der Waals surface area contributed by atoms with Gasteiger partial charge in [-0.05, 0) is 62.8 Å². The Labute approximate surface area is 155 Å². The normalized spacial score (nSPS) is 18.0. The lowest BCUT2D eigenvalue weighted by molar-refractivity contribution is -0.131. The molecular formula is C20H29N3O3. The predicted molar refractivity (Wildman–Crippen MR) is 101 cm³/mol. The van der Waals surface area contributed by atoms with Crippen LogP contribution in [0.4, 0.5) is 10.5 Å². The van der Waals surface area contributed by atoms with Crippen molar-refractivity contribution in [2.75, 3.05) is 38.1 Å². The molecule has 0 atom stereocenters. The zero-order valence-electron chi connectivity index (χ0n) is 15.6. The summed E-state index contributed by atoms with van der Waals surface area (Å²) < 4.78 is 5.41. The zero-order valence-corrected chi connectivity index (χ0v) is 15.6. The highest BCUT2D eigenvalue weighted by molar-refractivity contribution is 5.89. The molecule has 0 aliphatic carbocycles. The van der Waals surface area contributed by atoms with Gasteiger partial charge in [-0.3, -0.25) is 4.79 Å². The number of piperidine rings is 1. The summed E-state index contributed by atoms with van der Waals surface area (Å²) in [4.78, 5) is 28.5. The van der Waals surface area contributed by atoms with Crippen molar-refractivity contribution in [3.63, 3.8) is 0 Å². The van der Waals surface area contributed by atoms with Gasteiger partial charge in [-0.2, -0.15) is 0 Å². The third-order valence-corrected chi connectivity index (χ3v) is 5.24. The highest BCUT2D eigenvalue weighted by Gasteiger charge is 2.27. The number of hydrogen-bond donors (Lipinski definition) is 1. The summed E-state index contributed by atoms with van der Waals surface area (Å²) in [6.07, 6.45) is 4.70. The van der Waals surface area contributed by atoms with Crippen LogP contribution in [0.3, 0.4) is 0 Å². The van der Waals surface area contributed by atoms with E-state index in [-0.39, 0.29) is 6.03 Å². The van der Waals surface area contributed by atoms with Crippen LogP contribution in [-0.2, 0) is 4.79 Å². The van der Waals surface area contributed by atoms with E-state index in [4.69, 9.17) is 4.74 Å². The zero-order chi connectivity index (χ0) is 18.4. The quantitative estimate of drug-likeness (QED) is 0.877. The summed E-state index contributed by atoms with van der Waals surface area (Å²) in [5.41, 5.74) is 0.768. The molecule has 1 aromatic rings. The van der Waals surface area contributed by atoms with Crippen LogP contribution in [0.25, 0.3) is 0 Å². The Hall–Kier alpha value is -2.24. The first-order chi connectivity index (χ1) is 12.7. The molecule has 2 saturated heterocycles. The number of nitrogens with zero attached hydrogens (tertiary/aromatic N) is 2. The number of hydrogen-bond acceptors (Lipinski definition) is 3. The minimum absolute atomic E-state index is 0.0709. The molecule has 0 spiro atoms. The molecule has 0 saturated carbocycles. The molecule has 0 bridgehead atoms. The molecule has 2 aliphatic heterocycles. The fraction of sp³-hybridized carbons (Fsp3) is 0.600. The van der Waals surface area contributed by atoms with E-state index in [1.54, 1.807) is 0 Å². The molecule has 6 heteroatoms. The molecule has 2 fully saturated rings. The van der Waals surface area contributed by atoms with Crippen molar-refractivity contribution in [2.24, 2.45) is 5.92 Å². The fourth-order valence-electron chi connectivity index (χ4n) is 3.69. The minimum atomic E-state index is -0.0709. The van der Waals surface area contributed by atoms with E-state index >= 15 is 0 Å². The van der Waals surface area contributed by atoms with Gasteiger partial charge in [-0.1, -0.05) is 0 Å². The number of anilines is 1. The molecule has 1 aromatic carbocycles. The Balaban J connectivity index is 1.42.